The number of aryl methyl sites for hydroxylation is 2. The van der Waals surface area contributed by atoms with Crippen LogP contribution in [0.2, 0.25) is 5.02 Å². The summed E-state index contributed by atoms with van der Waals surface area (Å²) in [6, 6.07) is 7.74. The van der Waals surface area contributed by atoms with E-state index in [0.29, 0.717) is 31.0 Å². The number of carbonyl (C=O) groups is 2. The number of benzene rings is 1. The maximum Gasteiger partial charge on any atom is 0.242 e. The molecule has 1 fully saturated rings. The van der Waals surface area contributed by atoms with Crippen molar-refractivity contribution in [2.45, 2.75) is 26.7 Å². The highest BCUT2D eigenvalue weighted by Gasteiger charge is 2.21. The van der Waals surface area contributed by atoms with Gasteiger partial charge in [-0.15, -0.1) is 0 Å². The molecule has 7 nitrogen and oxygen atoms in total. The van der Waals surface area contributed by atoms with Crippen molar-refractivity contribution < 1.29 is 9.59 Å². The minimum atomic E-state index is -0.112. The number of piperazine rings is 1. The Morgan fingerprint density at radius 3 is 2.52 bits per heavy atom. The maximum atomic E-state index is 12.4. The summed E-state index contributed by atoms with van der Waals surface area (Å²) < 4.78 is 1.83. The Balaban J connectivity index is 1.41. The summed E-state index contributed by atoms with van der Waals surface area (Å²) in [4.78, 5) is 28.6. The lowest BCUT2D eigenvalue weighted by molar-refractivity contribution is -0.133. The number of nitrogens with one attached hydrogen (secondary N) is 1. The molecule has 0 radical (unpaired) electrons. The van der Waals surface area contributed by atoms with Gasteiger partial charge in [0.15, 0.2) is 0 Å². The Morgan fingerprint density at radius 2 is 1.90 bits per heavy atom. The summed E-state index contributed by atoms with van der Waals surface area (Å²) in [6.45, 7) is 6.76. The molecule has 0 atom stereocenters. The maximum absolute atomic E-state index is 12.4. The third-order valence-electron chi connectivity index (χ3n) is 5.50. The number of hydrogen-bond acceptors (Lipinski definition) is 4. The minimum absolute atomic E-state index is 0.0427. The molecular formula is C21H28ClN5O2. The Kier molecular flexibility index (Phi) is 6.79. The second-order valence-corrected chi connectivity index (χ2v) is 7.83. The second kappa shape index (κ2) is 9.31. The fourth-order valence-corrected chi connectivity index (χ4v) is 3.86. The number of carbonyl (C=O) groups excluding carboxylic acids is 2. The topological polar surface area (TPSA) is 70.5 Å². The molecule has 1 aliphatic heterocycles. The van der Waals surface area contributed by atoms with E-state index in [-0.39, 0.29) is 18.4 Å². The van der Waals surface area contributed by atoms with E-state index in [4.69, 9.17) is 11.6 Å². The molecule has 0 saturated carbocycles. The highest BCUT2D eigenvalue weighted by molar-refractivity contribution is 6.30. The van der Waals surface area contributed by atoms with Crippen molar-refractivity contribution in [3.05, 3.63) is 46.2 Å². The standard InChI is InChI=1S/C21H28ClN5O2/c1-15-19(16(2)25(3)24-15)7-8-20(28)23-14-21(29)27-11-9-26(10-12-27)18-6-4-5-17(22)13-18/h4-6,13H,7-12,14H2,1-3H3,(H,23,28). The van der Waals surface area contributed by atoms with Gasteiger partial charge in [-0.1, -0.05) is 17.7 Å². The van der Waals surface area contributed by atoms with Crippen LogP contribution in [0.15, 0.2) is 24.3 Å². The lowest BCUT2D eigenvalue weighted by atomic mass is 10.1. The van der Waals surface area contributed by atoms with E-state index in [9.17, 15) is 9.59 Å². The summed E-state index contributed by atoms with van der Waals surface area (Å²) in [6.07, 6.45) is 0.979. The smallest absolute Gasteiger partial charge is 0.242 e. The van der Waals surface area contributed by atoms with E-state index in [1.165, 1.54) is 0 Å². The summed E-state index contributed by atoms with van der Waals surface area (Å²) >= 11 is 6.06. The van der Waals surface area contributed by atoms with Crippen molar-refractivity contribution in [2.24, 2.45) is 7.05 Å². The first-order valence-corrected chi connectivity index (χ1v) is 10.3. The molecule has 2 aromatic rings. The number of nitrogens with zero attached hydrogens (tertiary/aromatic N) is 4. The third-order valence-corrected chi connectivity index (χ3v) is 5.74. The average molecular weight is 418 g/mol. The summed E-state index contributed by atoms with van der Waals surface area (Å²) in [5.74, 6) is -0.156. The molecule has 1 aliphatic rings. The highest BCUT2D eigenvalue weighted by Crippen LogP contribution is 2.20. The van der Waals surface area contributed by atoms with Crippen molar-refractivity contribution in [2.75, 3.05) is 37.6 Å². The van der Waals surface area contributed by atoms with Crippen LogP contribution in [0.3, 0.4) is 0 Å². The molecule has 156 valence electrons. The molecular weight excluding hydrogens is 390 g/mol. The van der Waals surface area contributed by atoms with Crippen LogP contribution in [0.5, 0.6) is 0 Å². The van der Waals surface area contributed by atoms with E-state index < -0.39 is 0 Å². The van der Waals surface area contributed by atoms with Gasteiger partial charge < -0.3 is 15.1 Å². The van der Waals surface area contributed by atoms with E-state index in [0.717, 1.165) is 35.7 Å². The lowest BCUT2D eigenvalue weighted by Gasteiger charge is -2.36. The molecule has 1 aromatic heterocycles. The van der Waals surface area contributed by atoms with Crippen LogP contribution in [0.25, 0.3) is 0 Å². The number of anilines is 1. The number of aromatic nitrogens is 2. The van der Waals surface area contributed by atoms with Crippen LogP contribution in [0, 0.1) is 13.8 Å². The number of amides is 2. The summed E-state index contributed by atoms with van der Waals surface area (Å²) in [7, 11) is 1.90. The fourth-order valence-electron chi connectivity index (χ4n) is 3.68. The van der Waals surface area contributed by atoms with Crippen LogP contribution < -0.4 is 10.2 Å². The van der Waals surface area contributed by atoms with Gasteiger partial charge in [0.1, 0.15) is 0 Å². The van der Waals surface area contributed by atoms with E-state index in [2.05, 4.69) is 15.3 Å². The minimum Gasteiger partial charge on any atom is -0.368 e. The van der Waals surface area contributed by atoms with Crippen molar-refractivity contribution >= 4 is 29.1 Å². The van der Waals surface area contributed by atoms with Gasteiger partial charge in [0.25, 0.3) is 0 Å². The summed E-state index contributed by atoms with van der Waals surface area (Å²) in [5, 5.41) is 7.84. The van der Waals surface area contributed by atoms with Gasteiger partial charge in [-0.2, -0.15) is 5.10 Å². The SMILES string of the molecule is Cc1nn(C)c(C)c1CCC(=O)NCC(=O)N1CCN(c2cccc(Cl)c2)CC1. The molecule has 2 heterocycles. The molecule has 8 heteroatoms. The predicted octanol–water partition coefficient (Wildman–Crippen LogP) is 2.09. The lowest BCUT2D eigenvalue weighted by Crippen LogP contribution is -2.51. The highest BCUT2D eigenvalue weighted by atomic mass is 35.5. The first-order valence-electron chi connectivity index (χ1n) is 9.89. The van der Waals surface area contributed by atoms with Crippen molar-refractivity contribution in [3.63, 3.8) is 0 Å². The molecule has 0 bridgehead atoms. The number of rotatable bonds is 6. The molecule has 1 aromatic carbocycles. The largest absolute Gasteiger partial charge is 0.368 e. The van der Waals surface area contributed by atoms with Gasteiger partial charge >= 0.3 is 0 Å². The zero-order valence-corrected chi connectivity index (χ0v) is 18.0. The quantitative estimate of drug-likeness (QED) is 0.781. The molecule has 1 N–H and O–H groups in total. The first kappa shape index (κ1) is 21.2. The van der Waals surface area contributed by atoms with Crippen LogP contribution in [0.4, 0.5) is 5.69 Å². The van der Waals surface area contributed by atoms with Gasteiger partial charge in [0, 0.05) is 56.1 Å². The molecule has 1 saturated heterocycles. The normalized spacial score (nSPS) is 14.2. The van der Waals surface area contributed by atoms with Crippen LogP contribution in [-0.2, 0) is 23.1 Å². The van der Waals surface area contributed by atoms with Crippen molar-refractivity contribution in [1.29, 1.82) is 0 Å². The van der Waals surface area contributed by atoms with Gasteiger partial charge in [0.2, 0.25) is 11.8 Å². The zero-order valence-electron chi connectivity index (χ0n) is 17.2. The molecule has 29 heavy (non-hydrogen) atoms. The Hall–Kier alpha value is -2.54. The number of hydrogen-bond donors (Lipinski definition) is 1. The van der Waals surface area contributed by atoms with Gasteiger partial charge in [-0.25, -0.2) is 0 Å². The number of halogens is 1. The molecule has 0 unspecified atom stereocenters. The molecule has 0 spiro atoms. The van der Waals surface area contributed by atoms with Crippen molar-refractivity contribution in [1.82, 2.24) is 20.0 Å². The molecule has 2 amide bonds. The van der Waals surface area contributed by atoms with E-state index in [1.54, 1.807) is 4.90 Å². The first-order chi connectivity index (χ1) is 13.8. The van der Waals surface area contributed by atoms with Crippen LogP contribution >= 0.6 is 11.6 Å². The van der Waals surface area contributed by atoms with Gasteiger partial charge in [-0.3, -0.25) is 14.3 Å². The monoisotopic (exact) mass is 417 g/mol. The van der Waals surface area contributed by atoms with Crippen LogP contribution in [0.1, 0.15) is 23.4 Å². The van der Waals surface area contributed by atoms with E-state index >= 15 is 0 Å². The Morgan fingerprint density at radius 1 is 1.17 bits per heavy atom. The van der Waals surface area contributed by atoms with Crippen LogP contribution in [-0.4, -0.2) is 59.2 Å². The zero-order chi connectivity index (χ0) is 21.0. The fraction of sp³-hybridized carbons (Fsp3) is 0.476. The predicted molar refractivity (Wildman–Crippen MR) is 114 cm³/mol. The Bertz CT molecular complexity index is 887. The molecule has 3 rings (SSSR count). The third kappa shape index (κ3) is 5.29. The summed E-state index contributed by atoms with van der Waals surface area (Å²) in [5.41, 5.74) is 4.19. The second-order valence-electron chi connectivity index (χ2n) is 7.40. The molecule has 0 aliphatic carbocycles. The average Bonchev–Trinajstić information content (AvgIpc) is 2.96. The van der Waals surface area contributed by atoms with Gasteiger partial charge in [-0.05, 0) is 44.0 Å². The van der Waals surface area contributed by atoms with Gasteiger partial charge in [0.05, 0.1) is 12.2 Å². The van der Waals surface area contributed by atoms with Crippen molar-refractivity contribution in [3.8, 4) is 0 Å². The van der Waals surface area contributed by atoms with E-state index in [1.807, 2.05) is 49.8 Å². The Labute approximate surface area is 176 Å².